The standard InChI is InChI=1S/C15H20F2O/c1-2-10-4-3-5-11(8-10)15(18)13-7-6-12(16)9-14(13)17/h6-7,9-11,15,18H,2-5,8H2,1H3. The molecule has 0 saturated heterocycles. The van der Waals surface area contributed by atoms with E-state index in [-0.39, 0.29) is 11.5 Å². The van der Waals surface area contributed by atoms with Gasteiger partial charge < -0.3 is 5.11 Å². The molecule has 0 amide bonds. The molecule has 1 saturated carbocycles. The van der Waals surface area contributed by atoms with E-state index in [1.807, 2.05) is 0 Å². The average Bonchev–Trinajstić information content (AvgIpc) is 2.38. The van der Waals surface area contributed by atoms with Crippen molar-refractivity contribution in [2.24, 2.45) is 11.8 Å². The lowest BCUT2D eigenvalue weighted by Gasteiger charge is -2.32. The lowest BCUT2D eigenvalue weighted by atomic mass is 9.76. The number of aliphatic hydroxyl groups is 1. The fourth-order valence-electron chi connectivity index (χ4n) is 2.99. The highest BCUT2D eigenvalue weighted by molar-refractivity contribution is 5.21. The summed E-state index contributed by atoms with van der Waals surface area (Å²) in [5.41, 5.74) is 0.234. The lowest BCUT2D eigenvalue weighted by molar-refractivity contribution is 0.0649. The van der Waals surface area contributed by atoms with Crippen LogP contribution in [0.3, 0.4) is 0 Å². The molecule has 0 bridgehead atoms. The normalized spacial score (nSPS) is 26.0. The van der Waals surface area contributed by atoms with Crippen LogP contribution in [0.4, 0.5) is 8.78 Å². The molecule has 1 aliphatic rings. The third-order valence-electron chi connectivity index (χ3n) is 4.13. The summed E-state index contributed by atoms with van der Waals surface area (Å²) < 4.78 is 26.5. The van der Waals surface area contributed by atoms with Crippen LogP contribution in [0, 0.1) is 23.5 Å². The van der Waals surface area contributed by atoms with Crippen LogP contribution in [0.2, 0.25) is 0 Å². The van der Waals surface area contributed by atoms with Gasteiger partial charge in [-0.2, -0.15) is 0 Å². The second-order valence-corrected chi connectivity index (χ2v) is 5.31. The predicted molar refractivity (Wildman–Crippen MR) is 67.1 cm³/mol. The van der Waals surface area contributed by atoms with Crippen LogP contribution in [-0.4, -0.2) is 5.11 Å². The van der Waals surface area contributed by atoms with Crippen molar-refractivity contribution in [2.45, 2.75) is 45.1 Å². The van der Waals surface area contributed by atoms with Gasteiger partial charge in [-0.1, -0.05) is 32.3 Å². The zero-order chi connectivity index (χ0) is 13.1. The third-order valence-corrected chi connectivity index (χ3v) is 4.13. The summed E-state index contributed by atoms with van der Waals surface area (Å²) in [4.78, 5) is 0. The van der Waals surface area contributed by atoms with E-state index in [0.29, 0.717) is 5.92 Å². The number of aliphatic hydroxyl groups excluding tert-OH is 1. The first-order valence-corrected chi connectivity index (χ1v) is 6.74. The molecule has 1 aromatic rings. The van der Waals surface area contributed by atoms with E-state index in [1.54, 1.807) is 0 Å². The second kappa shape index (κ2) is 5.79. The molecular weight excluding hydrogens is 234 g/mol. The molecule has 1 aromatic carbocycles. The summed E-state index contributed by atoms with van der Waals surface area (Å²) in [6, 6.07) is 3.42. The Morgan fingerprint density at radius 3 is 2.78 bits per heavy atom. The maximum absolute atomic E-state index is 13.6. The molecule has 18 heavy (non-hydrogen) atoms. The van der Waals surface area contributed by atoms with E-state index >= 15 is 0 Å². The lowest BCUT2D eigenvalue weighted by Crippen LogP contribution is -2.22. The fourth-order valence-corrected chi connectivity index (χ4v) is 2.99. The first-order valence-electron chi connectivity index (χ1n) is 6.74. The zero-order valence-electron chi connectivity index (χ0n) is 10.7. The van der Waals surface area contributed by atoms with E-state index in [1.165, 1.54) is 18.6 Å². The summed E-state index contributed by atoms with van der Waals surface area (Å²) >= 11 is 0. The highest BCUT2D eigenvalue weighted by Gasteiger charge is 2.28. The van der Waals surface area contributed by atoms with Crippen LogP contribution in [-0.2, 0) is 0 Å². The smallest absolute Gasteiger partial charge is 0.131 e. The second-order valence-electron chi connectivity index (χ2n) is 5.31. The summed E-state index contributed by atoms with van der Waals surface area (Å²) in [5.74, 6) is -0.509. The van der Waals surface area contributed by atoms with Gasteiger partial charge in [0.1, 0.15) is 11.6 Å². The summed E-state index contributed by atoms with van der Waals surface area (Å²) in [6.07, 6.45) is 4.45. The zero-order valence-corrected chi connectivity index (χ0v) is 10.7. The number of rotatable bonds is 3. The molecule has 2 rings (SSSR count). The van der Waals surface area contributed by atoms with Gasteiger partial charge in [0, 0.05) is 11.6 Å². The Morgan fingerprint density at radius 2 is 2.11 bits per heavy atom. The van der Waals surface area contributed by atoms with Crippen molar-refractivity contribution in [3.05, 3.63) is 35.4 Å². The van der Waals surface area contributed by atoms with Crippen LogP contribution in [0.1, 0.15) is 50.7 Å². The topological polar surface area (TPSA) is 20.2 Å². The molecule has 3 atom stereocenters. The summed E-state index contributed by atoms with van der Waals surface area (Å²) in [7, 11) is 0. The summed E-state index contributed by atoms with van der Waals surface area (Å²) in [5, 5.41) is 10.3. The van der Waals surface area contributed by atoms with Crippen molar-refractivity contribution in [1.29, 1.82) is 0 Å². The van der Waals surface area contributed by atoms with Gasteiger partial charge in [-0.3, -0.25) is 0 Å². The van der Waals surface area contributed by atoms with Crippen LogP contribution >= 0.6 is 0 Å². The monoisotopic (exact) mass is 254 g/mol. The highest BCUT2D eigenvalue weighted by atomic mass is 19.1. The Labute approximate surface area is 107 Å². The van der Waals surface area contributed by atoms with E-state index in [0.717, 1.165) is 31.7 Å². The maximum atomic E-state index is 13.6. The van der Waals surface area contributed by atoms with E-state index in [2.05, 4.69) is 6.92 Å². The van der Waals surface area contributed by atoms with Gasteiger partial charge in [-0.05, 0) is 30.7 Å². The molecule has 0 spiro atoms. The van der Waals surface area contributed by atoms with E-state index in [4.69, 9.17) is 0 Å². The number of hydrogen-bond donors (Lipinski definition) is 1. The van der Waals surface area contributed by atoms with Crippen molar-refractivity contribution in [3.8, 4) is 0 Å². The van der Waals surface area contributed by atoms with Crippen LogP contribution in [0.25, 0.3) is 0 Å². The Hall–Kier alpha value is -0.960. The third kappa shape index (κ3) is 2.89. The summed E-state index contributed by atoms with van der Waals surface area (Å²) in [6.45, 7) is 2.15. The molecule has 1 fully saturated rings. The van der Waals surface area contributed by atoms with E-state index < -0.39 is 17.7 Å². The first-order chi connectivity index (χ1) is 8.61. The van der Waals surface area contributed by atoms with Crippen molar-refractivity contribution in [2.75, 3.05) is 0 Å². The van der Waals surface area contributed by atoms with Gasteiger partial charge >= 0.3 is 0 Å². The van der Waals surface area contributed by atoms with Crippen molar-refractivity contribution < 1.29 is 13.9 Å². The van der Waals surface area contributed by atoms with Crippen molar-refractivity contribution in [1.82, 2.24) is 0 Å². The molecule has 1 nitrogen and oxygen atoms in total. The molecule has 0 aliphatic heterocycles. The molecular formula is C15H20F2O. The predicted octanol–water partition coefficient (Wildman–Crippen LogP) is 4.21. The molecule has 3 heteroatoms. The minimum atomic E-state index is -0.806. The molecule has 1 N–H and O–H groups in total. The molecule has 0 aromatic heterocycles. The van der Waals surface area contributed by atoms with Gasteiger partial charge in [0.05, 0.1) is 6.10 Å². The van der Waals surface area contributed by atoms with Gasteiger partial charge in [-0.15, -0.1) is 0 Å². The largest absolute Gasteiger partial charge is 0.388 e. The van der Waals surface area contributed by atoms with Crippen molar-refractivity contribution in [3.63, 3.8) is 0 Å². The van der Waals surface area contributed by atoms with Crippen LogP contribution in [0.15, 0.2) is 18.2 Å². The number of benzene rings is 1. The molecule has 1 aliphatic carbocycles. The molecule has 100 valence electrons. The van der Waals surface area contributed by atoms with Crippen molar-refractivity contribution >= 4 is 0 Å². The Bertz CT molecular complexity index is 405. The minimum Gasteiger partial charge on any atom is -0.388 e. The number of hydrogen-bond acceptors (Lipinski definition) is 1. The quantitative estimate of drug-likeness (QED) is 0.856. The SMILES string of the molecule is CCC1CCCC(C(O)c2ccc(F)cc2F)C1. The average molecular weight is 254 g/mol. The minimum absolute atomic E-state index is 0.101. The Balaban J connectivity index is 2.12. The maximum Gasteiger partial charge on any atom is 0.131 e. The van der Waals surface area contributed by atoms with E-state index in [9.17, 15) is 13.9 Å². The van der Waals surface area contributed by atoms with Crippen LogP contribution < -0.4 is 0 Å². The first kappa shape index (κ1) is 13.5. The van der Waals surface area contributed by atoms with Gasteiger partial charge in [0.15, 0.2) is 0 Å². The highest BCUT2D eigenvalue weighted by Crippen LogP contribution is 2.38. The number of halogens is 2. The van der Waals surface area contributed by atoms with Gasteiger partial charge in [0.2, 0.25) is 0 Å². The molecule has 0 heterocycles. The molecule has 0 radical (unpaired) electrons. The van der Waals surface area contributed by atoms with Gasteiger partial charge in [-0.25, -0.2) is 8.78 Å². The molecule has 3 unspecified atom stereocenters. The van der Waals surface area contributed by atoms with Crippen LogP contribution in [0.5, 0.6) is 0 Å². The Morgan fingerprint density at radius 1 is 1.33 bits per heavy atom. The van der Waals surface area contributed by atoms with Gasteiger partial charge in [0.25, 0.3) is 0 Å². The fraction of sp³-hybridized carbons (Fsp3) is 0.600. The Kier molecular flexibility index (Phi) is 4.33.